The Kier molecular flexibility index (Phi) is 9.83. The molecule has 17 heavy (non-hydrogen) atoms. The second kappa shape index (κ2) is 8.48. The summed E-state index contributed by atoms with van der Waals surface area (Å²) in [6, 6.07) is 0. The van der Waals surface area contributed by atoms with Crippen molar-refractivity contribution in [3.05, 3.63) is 0 Å². The van der Waals surface area contributed by atoms with Gasteiger partial charge in [-0.05, 0) is 0 Å². The standard InChI is InChI=1S/C6H12O9S.Na/c7-1-3(9)5(11)6(4(10)2-8)15-16(12,13)14;/h2-7,9-11H,1H2,(H,12,13,14);/q;+1/p-1/t3-,4+,5-,6-;/m1./s1. The van der Waals surface area contributed by atoms with Crippen LogP contribution in [0.25, 0.3) is 0 Å². The fraction of sp³-hybridized carbons (Fsp3) is 0.833. The monoisotopic (exact) mass is 282 g/mol. The number of carbonyl (C=O) groups is 1. The number of rotatable bonds is 7. The van der Waals surface area contributed by atoms with Gasteiger partial charge in [0.15, 0.2) is 6.29 Å². The molecule has 4 N–H and O–H groups in total. The van der Waals surface area contributed by atoms with E-state index in [1.807, 2.05) is 0 Å². The molecule has 0 amide bonds. The van der Waals surface area contributed by atoms with Gasteiger partial charge < -0.3 is 29.8 Å². The fourth-order valence-electron chi connectivity index (χ4n) is 0.856. The van der Waals surface area contributed by atoms with Gasteiger partial charge in [0.25, 0.3) is 0 Å². The van der Waals surface area contributed by atoms with Crippen LogP contribution in [0.3, 0.4) is 0 Å². The van der Waals surface area contributed by atoms with Crippen LogP contribution in [0.1, 0.15) is 0 Å². The van der Waals surface area contributed by atoms with Gasteiger partial charge in [0.1, 0.15) is 24.4 Å². The minimum absolute atomic E-state index is 0. The first kappa shape index (κ1) is 19.7. The van der Waals surface area contributed by atoms with Crippen molar-refractivity contribution in [1.29, 1.82) is 0 Å². The molecule has 0 aliphatic rings. The Balaban J connectivity index is 0. The van der Waals surface area contributed by atoms with E-state index in [9.17, 15) is 22.9 Å². The molecule has 0 radical (unpaired) electrons. The summed E-state index contributed by atoms with van der Waals surface area (Å²) in [5, 5.41) is 35.5. The smallest absolute Gasteiger partial charge is 0.726 e. The maximum atomic E-state index is 10.2. The summed E-state index contributed by atoms with van der Waals surface area (Å²) in [4.78, 5) is 10.2. The van der Waals surface area contributed by atoms with Crippen molar-refractivity contribution in [2.45, 2.75) is 24.4 Å². The molecule has 0 saturated heterocycles. The van der Waals surface area contributed by atoms with Crippen molar-refractivity contribution in [3.8, 4) is 0 Å². The molecule has 0 unspecified atom stereocenters. The average Bonchev–Trinajstić information content (AvgIpc) is 2.21. The van der Waals surface area contributed by atoms with Gasteiger partial charge in [0, 0.05) is 0 Å². The number of aldehydes is 1. The van der Waals surface area contributed by atoms with Crippen LogP contribution < -0.4 is 29.6 Å². The number of aliphatic hydroxyl groups is 4. The minimum Gasteiger partial charge on any atom is -0.726 e. The molecular formula is C6H11NaO9S. The average molecular weight is 282 g/mol. The van der Waals surface area contributed by atoms with Crippen molar-refractivity contribution >= 4 is 16.7 Å². The van der Waals surface area contributed by atoms with Crippen LogP contribution in [-0.2, 0) is 19.4 Å². The third-order valence-electron chi connectivity index (χ3n) is 1.62. The van der Waals surface area contributed by atoms with E-state index in [2.05, 4.69) is 4.18 Å². The number of hydrogen-bond acceptors (Lipinski definition) is 9. The molecule has 0 spiro atoms. The second-order valence-electron chi connectivity index (χ2n) is 2.84. The summed E-state index contributed by atoms with van der Waals surface area (Å²) < 4.78 is 34.3. The van der Waals surface area contributed by atoms with Crippen molar-refractivity contribution in [1.82, 2.24) is 0 Å². The Morgan fingerprint density at radius 1 is 1.29 bits per heavy atom. The Morgan fingerprint density at radius 2 is 1.76 bits per heavy atom. The van der Waals surface area contributed by atoms with Gasteiger partial charge in [-0.2, -0.15) is 0 Å². The molecule has 11 heteroatoms. The molecule has 0 aliphatic carbocycles. The van der Waals surface area contributed by atoms with Crippen molar-refractivity contribution in [2.24, 2.45) is 0 Å². The number of aliphatic hydroxyl groups excluding tert-OH is 4. The summed E-state index contributed by atoms with van der Waals surface area (Å²) in [5.74, 6) is 0. The van der Waals surface area contributed by atoms with E-state index in [4.69, 9.17) is 15.3 Å². The third kappa shape index (κ3) is 7.41. The van der Waals surface area contributed by atoms with Gasteiger partial charge in [0.2, 0.25) is 10.4 Å². The normalized spacial score (nSPS) is 18.6. The molecule has 4 atom stereocenters. The number of hydrogen-bond donors (Lipinski definition) is 4. The van der Waals surface area contributed by atoms with E-state index in [0.29, 0.717) is 0 Å². The Bertz CT molecular complexity index is 317. The van der Waals surface area contributed by atoms with Crippen LogP contribution in [0.5, 0.6) is 0 Å². The topological polar surface area (TPSA) is 164 Å². The summed E-state index contributed by atoms with van der Waals surface area (Å²) in [6.07, 6.45) is -8.50. The molecule has 0 rings (SSSR count). The van der Waals surface area contributed by atoms with Crippen LogP contribution >= 0.6 is 0 Å². The minimum atomic E-state index is -5.29. The third-order valence-corrected chi connectivity index (χ3v) is 2.08. The molecule has 0 bridgehead atoms. The van der Waals surface area contributed by atoms with E-state index >= 15 is 0 Å². The van der Waals surface area contributed by atoms with Gasteiger partial charge >= 0.3 is 29.6 Å². The Morgan fingerprint density at radius 3 is 2.06 bits per heavy atom. The van der Waals surface area contributed by atoms with E-state index in [1.54, 1.807) is 0 Å². The van der Waals surface area contributed by atoms with E-state index in [1.165, 1.54) is 0 Å². The molecule has 0 aliphatic heterocycles. The van der Waals surface area contributed by atoms with Crippen LogP contribution in [0.2, 0.25) is 0 Å². The summed E-state index contributed by atoms with van der Waals surface area (Å²) in [7, 11) is -5.29. The van der Waals surface area contributed by atoms with Crippen molar-refractivity contribution in [2.75, 3.05) is 6.61 Å². The zero-order valence-electron chi connectivity index (χ0n) is 8.83. The van der Waals surface area contributed by atoms with Gasteiger partial charge in [0.05, 0.1) is 6.61 Å². The molecule has 0 aromatic rings. The first-order valence-corrected chi connectivity index (χ1v) is 5.30. The van der Waals surface area contributed by atoms with Crippen LogP contribution in [0.4, 0.5) is 0 Å². The fourth-order valence-corrected chi connectivity index (χ4v) is 1.36. The Labute approximate surface area is 119 Å². The largest absolute Gasteiger partial charge is 1.00 e. The number of carbonyl (C=O) groups excluding carboxylic acids is 1. The van der Waals surface area contributed by atoms with Crippen LogP contribution in [0, 0.1) is 0 Å². The summed E-state index contributed by atoms with van der Waals surface area (Å²) in [5.41, 5.74) is 0. The Hall–Kier alpha value is 0.380. The first-order valence-electron chi connectivity index (χ1n) is 3.97. The van der Waals surface area contributed by atoms with Crippen molar-refractivity contribution < 1.29 is 71.9 Å². The molecule has 0 fully saturated rings. The predicted octanol–water partition coefficient (Wildman–Crippen LogP) is -6.89. The van der Waals surface area contributed by atoms with E-state index in [0.717, 1.165) is 0 Å². The van der Waals surface area contributed by atoms with Crippen LogP contribution in [0.15, 0.2) is 0 Å². The molecule has 9 nitrogen and oxygen atoms in total. The second-order valence-corrected chi connectivity index (χ2v) is 3.85. The molecule has 0 heterocycles. The van der Waals surface area contributed by atoms with Gasteiger partial charge in [-0.1, -0.05) is 0 Å². The maximum Gasteiger partial charge on any atom is 1.00 e. The summed E-state index contributed by atoms with van der Waals surface area (Å²) in [6.45, 7) is -0.981. The van der Waals surface area contributed by atoms with Crippen molar-refractivity contribution in [3.63, 3.8) is 0 Å². The summed E-state index contributed by atoms with van der Waals surface area (Å²) >= 11 is 0. The molecule has 0 saturated carbocycles. The van der Waals surface area contributed by atoms with E-state index < -0.39 is 41.4 Å². The maximum absolute atomic E-state index is 10.2. The molecule has 0 aromatic heterocycles. The molecule has 0 aromatic carbocycles. The van der Waals surface area contributed by atoms with Crippen LogP contribution in [-0.4, -0.2) is 70.7 Å². The van der Waals surface area contributed by atoms with Gasteiger partial charge in [-0.25, -0.2) is 8.42 Å². The van der Waals surface area contributed by atoms with E-state index in [-0.39, 0.29) is 35.8 Å². The molecule has 96 valence electrons. The zero-order valence-corrected chi connectivity index (χ0v) is 11.6. The van der Waals surface area contributed by atoms with Gasteiger partial charge in [-0.15, -0.1) is 0 Å². The SMILES string of the molecule is O=C[C@H](O)[C@@H](OS(=O)(=O)[O-])[C@H](O)[C@H](O)CO.[Na+]. The first-order chi connectivity index (χ1) is 7.22. The van der Waals surface area contributed by atoms with Gasteiger partial charge in [-0.3, -0.25) is 4.18 Å². The predicted molar refractivity (Wildman–Crippen MR) is 45.7 cm³/mol. The molecular weight excluding hydrogens is 271 g/mol. The quantitative estimate of drug-likeness (QED) is 0.154. The zero-order chi connectivity index (χ0) is 12.9.